The van der Waals surface area contributed by atoms with E-state index in [1.54, 1.807) is 0 Å². The fraction of sp³-hybridized carbons (Fsp3) is 0.579. The molecule has 7 heteroatoms. The molecule has 0 N–H and O–H groups in total. The fourth-order valence-corrected chi connectivity index (χ4v) is 5.85. The highest BCUT2D eigenvalue weighted by atomic mass is 35.5. The predicted octanol–water partition coefficient (Wildman–Crippen LogP) is 4.19. The zero-order valence-corrected chi connectivity index (χ0v) is 15.0. The average Bonchev–Trinajstić information content (AvgIpc) is 2.58. The number of benzene rings is 1. The molecular weight excluding hydrogens is 358 g/mol. The van der Waals surface area contributed by atoms with Crippen molar-refractivity contribution in [3.8, 4) is 0 Å². The molecule has 0 unspecified atom stereocenters. The van der Waals surface area contributed by atoms with Crippen molar-refractivity contribution in [2.75, 3.05) is 6.61 Å². The predicted molar refractivity (Wildman–Crippen MR) is 94.0 cm³/mol. The van der Waals surface area contributed by atoms with Crippen molar-refractivity contribution in [3.63, 3.8) is 0 Å². The Morgan fingerprint density at radius 2 is 1.73 bits per heavy atom. The lowest BCUT2D eigenvalue weighted by Gasteiger charge is -2.55. The van der Waals surface area contributed by atoms with E-state index in [0.29, 0.717) is 17.8 Å². The first-order valence-corrected chi connectivity index (χ1v) is 9.38. The Kier molecular flexibility index (Phi) is 4.26. The average molecular weight is 378 g/mol. The number of carbonyl (C=O) groups is 2. The summed E-state index contributed by atoms with van der Waals surface area (Å²) in [6.07, 6.45) is 6.50. The molecule has 4 saturated carbocycles. The summed E-state index contributed by atoms with van der Waals surface area (Å²) in [7, 11) is 0. The van der Waals surface area contributed by atoms with Crippen molar-refractivity contribution in [2.45, 2.75) is 38.5 Å². The number of non-ortho nitro benzene ring substituents is 1. The summed E-state index contributed by atoms with van der Waals surface area (Å²) < 4.78 is 5.22. The van der Waals surface area contributed by atoms with Gasteiger partial charge in [0.15, 0.2) is 12.4 Å². The minimum atomic E-state index is -0.719. The van der Waals surface area contributed by atoms with Crippen LogP contribution in [0.15, 0.2) is 18.2 Å². The molecule has 5 rings (SSSR count). The number of esters is 1. The van der Waals surface area contributed by atoms with Gasteiger partial charge in [0.05, 0.1) is 15.5 Å². The number of carbonyl (C=O) groups excluding carboxylic acids is 2. The van der Waals surface area contributed by atoms with Gasteiger partial charge in [-0.25, -0.2) is 4.79 Å². The molecular formula is C19H20ClNO5. The first-order valence-electron chi connectivity index (χ1n) is 9.01. The van der Waals surface area contributed by atoms with Gasteiger partial charge in [0, 0.05) is 17.5 Å². The van der Waals surface area contributed by atoms with Gasteiger partial charge in [-0.2, -0.15) is 0 Å². The van der Waals surface area contributed by atoms with E-state index in [2.05, 4.69) is 0 Å². The van der Waals surface area contributed by atoms with Crippen molar-refractivity contribution in [2.24, 2.45) is 23.2 Å². The van der Waals surface area contributed by atoms with Crippen LogP contribution in [0.5, 0.6) is 0 Å². The Hall–Kier alpha value is -1.95. The summed E-state index contributed by atoms with van der Waals surface area (Å²) >= 11 is 5.95. The van der Waals surface area contributed by atoms with Crippen LogP contribution in [0.3, 0.4) is 0 Å². The first-order chi connectivity index (χ1) is 12.4. The Bertz CT molecular complexity index is 755. The standard InChI is InChI=1S/C19H20ClNO5/c20-16-6-14(21(24)25)1-2-15(16)18(23)26-10-17(22)19-7-11-3-12(8-19)5-13(4-11)9-19/h1-2,6,11-13H,3-5,7-10H2. The Morgan fingerprint density at radius 3 is 2.23 bits per heavy atom. The number of halogens is 1. The van der Waals surface area contributed by atoms with Crippen molar-refractivity contribution in [3.05, 3.63) is 38.9 Å². The number of nitro groups is 1. The highest BCUT2D eigenvalue weighted by Crippen LogP contribution is 2.60. The zero-order chi connectivity index (χ0) is 18.5. The molecule has 0 atom stereocenters. The quantitative estimate of drug-likeness (QED) is 0.436. The van der Waals surface area contributed by atoms with E-state index in [0.717, 1.165) is 25.3 Å². The first kappa shape index (κ1) is 17.5. The smallest absolute Gasteiger partial charge is 0.340 e. The molecule has 4 fully saturated rings. The lowest BCUT2D eigenvalue weighted by atomic mass is 9.48. The van der Waals surface area contributed by atoms with Crippen molar-refractivity contribution >= 4 is 29.0 Å². The number of rotatable bonds is 5. The van der Waals surface area contributed by atoms with Gasteiger partial charge in [-0.05, 0) is 62.3 Å². The fourth-order valence-electron chi connectivity index (χ4n) is 5.60. The molecule has 0 aliphatic heterocycles. The second-order valence-electron chi connectivity index (χ2n) is 8.12. The molecule has 1 aromatic rings. The minimum absolute atomic E-state index is 0.0167. The molecule has 138 valence electrons. The SMILES string of the molecule is O=C(OCC(=O)C12CC3CC(CC(C3)C1)C2)c1ccc([N+](=O)[O-])cc1Cl. The lowest BCUT2D eigenvalue weighted by molar-refractivity contribution is -0.384. The van der Waals surface area contributed by atoms with Crippen LogP contribution in [0.25, 0.3) is 0 Å². The second-order valence-corrected chi connectivity index (χ2v) is 8.53. The Morgan fingerprint density at radius 1 is 1.15 bits per heavy atom. The van der Waals surface area contributed by atoms with Crippen LogP contribution in [0.2, 0.25) is 5.02 Å². The summed E-state index contributed by atoms with van der Waals surface area (Å²) in [6, 6.07) is 3.57. The van der Waals surface area contributed by atoms with Crippen molar-refractivity contribution < 1.29 is 19.2 Å². The van der Waals surface area contributed by atoms with Crippen LogP contribution in [0, 0.1) is 33.3 Å². The third-order valence-corrected chi connectivity index (χ3v) is 6.66. The highest BCUT2D eigenvalue weighted by molar-refractivity contribution is 6.33. The van der Waals surface area contributed by atoms with Gasteiger partial charge in [-0.3, -0.25) is 14.9 Å². The molecule has 0 heterocycles. The molecule has 0 spiro atoms. The van der Waals surface area contributed by atoms with Gasteiger partial charge < -0.3 is 4.74 Å². The van der Waals surface area contributed by atoms with Gasteiger partial charge >= 0.3 is 5.97 Å². The second kappa shape index (κ2) is 6.34. The number of ether oxygens (including phenoxy) is 1. The third kappa shape index (κ3) is 3.00. The molecule has 26 heavy (non-hydrogen) atoms. The summed E-state index contributed by atoms with van der Waals surface area (Å²) in [5.74, 6) is 1.23. The van der Waals surface area contributed by atoms with E-state index in [-0.39, 0.29) is 34.1 Å². The van der Waals surface area contributed by atoms with Gasteiger partial charge in [0.1, 0.15) is 0 Å². The number of hydrogen-bond acceptors (Lipinski definition) is 5. The van der Waals surface area contributed by atoms with E-state index < -0.39 is 10.9 Å². The Balaban J connectivity index is 1.42. The number of nitro benzene ring substituents is 1. The molecule has 0 aromatic heterocycles. The molecule has 4 bridgehead atoms. The Labute approximate surface area is 156 Å². The molecule has 1 aromatic carbocycles. The van der Waals surface area contributed by atoms with E-state index in [1.807, 2.05) is 0 Å². The number of Topliss-reactive ketones (excluding diaryl/α,β-unsaturated/α-hetero) is 1. The highest BCUT2D eigenvalue weighted by Gasteiger charge is 2.54. The number of hydrogen-bond donors (Lipinski definition) is 0. The van der Waals surface area contributed by atoms with E-state index >= 15 is 0 Å². The molecule has 6 nitrogen and oxygen atoms in total. The maximum atomic E-state index is 12.9. The molecule has 0 amide bonds. The van der Waals surface area contributed by atoms with Crippen molar-refractivity contribution in [1.82, 2.24) is 0 Å². The van der Waals surface area contributed by atoms with Crippen LogP contribution in [0.4, 0.5) is 5.69 Å². The molecule has 0 radical (unpaired) electrons. The molecule has 0 saturated heterocycles. The van der Waals surface area contributed by atoms with Gasteiger partial charge in [0.2, 0.25) is 0 Å². The molecule has 4 aliphatic rings. The van der Waals surface area contributed by atoms with E-state index in [9.17, 15) is 19.7 Å². The summed E-state index contributed by atoms with van der Waals surface area (Å²) in [5, 5.41) is 10.7. The largest absolute Gasteiger partial charge is 0.454 e. The topological polar surface area (TPSA) is 86.5 Å². The lowest BCUT2D eigenvalue weighted by Crippen LogP contribution is -2.51. The normalized spacial score (nSPS) is 31.7. The maximum Gasteiger partial charge on any atom is 0.340 e. The van der Waals surface area contributed by atoms with Crippen LogP contribution >= 0.6 is 11.6 Å². The van der Waals surface area contributed by atoms with E-state index in [4.69, 9.17) is 16.3 Å². The van der Waals surface area contributed by atoms with Gasteiger partial charge in [0.25, 0.3) is 5.69 Å². The van der Waals surface area contributed by atoms with E-state index in [1.165, 1.54) is 31.4 Å². The monoisotopic (exact) mass is 377 g/mol. The summed E-state index contributed by atoms with van der Waals surface area (Å²) in [4.78, 5) is 35.3. The zero-order valence-electron chi connectivity index (χ0n) is 14.3. The minimum Gasteiger partial charge on any atom is -0.454 e. The van der Waals surface area contributed by atoms with Gasteiger partial charge in [-0.1, -0.05) is 11.6 Å². The number of ketones is 1. The third-order valence-electron chi connectivity index (χ3n) is 6.35. The molecule has 4 aliphatic carbocycles. The summed E-state index contributed by atoms with van der Waals surface area (Å²) in [6.45, 7) is -0.252. The number of nitrogens with zero attached hydrogens (tertiary/aromatic N) is 1. The van der Waals surface area contributed by atoms with Crippen molar-refractivity contribution in [1.29, 1.82) is 0 Å². The van der Waals surface area contributed by atoms with Crippen LogP contribution in [-0.2, 0) is 9.53 Å². The maximum absolute atomic E-state index is 12.9. The van der Waals surface area contributed by atoms with Crippen LogP contribution in [0.1, 0.15) is 48.9 Å². The summed E-state index contributed by atoms with van der Waals surface area (Å²) in [5.41, 5.74) is -0.472. The van der Waals surface area contributed by atoms with Gasteiger partial charge in [-0.15, -0.1) is 0 Å². The van der Waals surface area contributed by atoms with Crippen LogP contribution in [-0.4, -0.2) is 23.3 Å². The van der Waals surface area contributed by atoms with Crippen LogP contribution < -0.4 is 0 Å².